The summed E-state index contributed by atoms with van der Waals surface area (Å²) in [6.07, 6.45) is 2.41. The lowest BCUT2D eigenvalue weighted by atomic mass is 10.2. The van der Waals surface area contributed by atoms with Crippen LogP contribution in [0.3, 0.4) is 0 Å². The Balaban J connectivity index is 1.63. The predicted octanol–water partition coefficient (Wildman–Crippen LogP) is 4.90. The number of anilines is 1. The second kappa shape index (κ2) is 7.53. The fourth-order valence-corrected chi connectivity index (χ4v) is 2.73. The molecule has 0 atom stereocenters. The van der Waals surface area contributed by atoms with Crippen LogP contribution in [0.15, 0.2) is 59.1 Å². The number of halogens is 1. The lowest BCUT2D eigenvalue weighted by Gasteiger charge is -2.17. The fraction of sp³-hybridized carbons (Fsp3) is 0.200. The van der Waals surface area contributed by atoms with Crippen molar-refractivity contribution in [3.8, 4) is 11.3 Å². The van der Waals surface area contributed by atoms with Gasteiger partial charge in [-0.15, -0.1) is 0 Å². The Bertz CT molecular complexity index is 871. The average Bonchev–Trinajstić information content (AvgIpc) is 3.09. The van der Waals surface area contributed by atoms with E-state index in [-0.39, 0.29) is 5.91 Å². The highest BCUT2D eigenvalue weighted by Gasteiger charge is 2.14. The molecule has 0 N–H and O–H groups in total. The molecular weight excluding hydrogens is 336 g/mol. The van der Waals surface area contributed by atoms with Crippen LogP contribution in [0.5, 0.6) is 0 Å². The van der Waals surface area contributed by atoms with Gasteiger partial charge >= 0.3 is 0 Å². The van der Waals surface area contributed by atoms with E-state index in [1.807, 2.05) is 49.4 Å². The zero-order chi connectivity index (χ0) is 17.8. The summed E-state index contributed by atoms with van der Waals surface area (Å²) in [5, 5.41) is 0.611. The highest BCUT2D eigenvalue weighted by Crippen LogP contribution is 2.28. The van der Waals surface area contributed by atoms with Gasteiger partial charge in [0.25, 0.3) is 0 Å². The van der Waals surface area contributed by atoms with Crippen molar-refractivity contribution in [3.63, 3.8) is 0 Å². The number of amides is 1. The summed E-state index contributed by atoms with van der Waals surface area (Å²) in [5.74, 6) is 1.15. The predicted molar refractivity (Wildman–Crippen MR) is 99.9 cm³/mol. The molecule has 0 bridgehead atoms. The van der Waals surface area contributed by atoms with E-state index in [0.29, 0.717) is 29.5 Å². The number of benzene rings is 2. The van der Waals surface area contributed by atoms with Gasteiger partial charge in [-0.1, -0.05) is 41.4 Å². The zero-order valence-electron chi connectivity index (χ0n) is 14.2. The van der Waals surface area contributed by atoms with Crippen LogP contribution in [-0.2, 0) is 11.2 Å². The van der Waals surface area contributed by atoms with Crippen molar-refractivity contribution < 1.29 is 9.21 Å². The second-order valence-electron chi connectivity index (χ2n) is 5.89. The molecule has 0 aliphatic carbocycles. The van der Waals surface area contributed by atoms with Gasteiger partial charge in [0.2, 0.25) is 5.91 Å². The molecule has 2 aromatic carbocycles. The van der Waals surface area contributed by atoms with Gasteiger partial charge in [-0.2, -0.15) is 0 Å². The van der Waals surface area contributed by atoms with Gasteiger partial charge in [0, 0.05) is 31.1 Å². The topological polar surface area (TPSA) is 46.3 Å². The molecule has 3 aromatic rings. The summed E-state index contributed by atoms with van der Waals surface area (Å²) in [7, 11) is 1.78. The molecule has 128 valence electrons. The van der Waals surface area contributed by atoms with Gasteiger partial charge in [0.05, 0.1) is 11.2 Å². The largest absolute Gasteiger partial charge is 0.441 e. The maximum Gasteiger partial charge on any atom is 0.227 e. The molecule has 1 heterocycles. The van der Waals surface area contributed by atoms with Crippen LogP contribution in [0.2, 0.25) is 5.02 Å². The molecule has 0 fully saturated rings. The number of aryl methyl sites for hydroxylation is 2. The van der Waals surface area contributed by atoms with Crippen molar-refractivity contribution in [1.82, 2.24) is 4.98 Å². The summed E-state index contributed by atoms with van der Waals surface area (Å²) in [4.78, 5) is 18.3. The lowest BCUT2D eigenvalue weighted by Crippen LogP contribution is -2.26. The van der Waals surface area contributed by atoms with E-state index >= 15 is 0 Å². The average molecular weight is 355 g/mol. The van der Waals surface area contributed by atoms with Crippen LogP contribution in [-0.4, -0.2) is 17.9 Å². The van der Waals surface area contributed by atoms with Crippen molar-refractivity contribution in [2.45, 2.75) is 19.8 Å². The molecule has 5 heteroatoms. The van der Waals surface area contributed by atoms with E-state index in [9.17, 15) is 4.79 Å². The minimum Gasteiger partial charge on any atom is -0.441 e. The Labute approximate surface area is 152 Å². The third-order valence-corrected chi connectivity index (χ3v) is 4.37. The molecule has 0 aliphatic heterocycles. The number of nitrogens with zero attached hydrogens (tertiary/aromatic N) is 2. The van der Waals surface area contributed by atoms with Crippen molar-refractivity contribution >= 4 is 23.2 Å². The molecular formula is C20H19ClN2O2. The zero-order valence-corrected chi connectivity index (χ0v) is 15.0. The molecule has 1 aromatic heterocycles. The van der Waals surface area contributed by atoms with Crippen molar-refractivity contribution in [2.75, 3.05) is 11.9 Å². The molecule has 3 rings (SSSR count). The van der Waals surface area contributed by atoms with Gasteiger partial charge in [-0.05, 0) is 31.2 Å². The summed E-state index contributed by atoms with van der Waals surface area (Å²) in [5.41, 5.74) is 2.84. The quantitative estimate of drug-likeness (QED) is 0.654. The molecule has 4 nitrogen and oxygen atoms in total. The van der Waals surface area contributed by atoms with Crippen LogP contribution in [0.1, 0.15) is 17.9 Å². The number of oxazole rings is 1. The summed E-state index contributed by atoms with van der Waals surface area (Å²) in [6.45, 7) is 2.02. The molecule has 25 heavy (non-hydrogen) atoms. The molecule has 0 saturated heterocycles. The van der Waals surface area contributed by atoms with E-state index in [2.05, 4.69) is 4.98 Å². The highest BCUT2D eigenvalue weighted by atomic mass is 35.5. The summed E-state index contributed by atoms with van der Waals surface area (Å²) < 4.78 is 5.74. The Morgan fingerprint density at radius 3 is 2.60 bits per heavy atom. The van der Waals surface area contributed by atoms with E-state index in [0.717, 1.165) is 16.8 Å². The standard InChI is InChI=1S/C20H19ClN2O2/c1-14-7-9-15(10-8-14)23(2)20(24)12-11-19-22-13-18(25-19)16-5-3-4-6-17(16)21/h3-10,13H,11-12H2,1-2H3. The van der Waals surface area contributed by atoms with Crippen molar-refractivity contribution in [1.29, 1.82) is 0 Å². The maximum absolute atomic E-state index is 12.4. The first-order valence-electron chi connectivity index (χ1n) is 8.07. The number of aromatic nitrogens is 1. The second-order valence-corrected chi connectivity index (χ2v) is 6.29. The number of hydrogen-bond donors (Lipinski definition) is 0. The number of carbonyl (C=O) groups excluding carboxylic acids is 1. The summed E-state index contributed by atoms with van der Waals surface area (Å²) >= 11 is 6.17. The van der Waals surface area contributed by atoms with Crippen LogP contribution < -0.4 is 4.90 Å². The van der Waals surface area contributed by atoms with E-state index in [4.69, 9.17) is 16.0 Å². The van der Waals surface area contributed by atoms with E-state index in [1.54, 1.807) is 24.2 Å². The highest BCUT2D eigenvalue weighted by molar-refractivity contribution is 6.33. The molecule has 0 unspecified atom stereocenters. The third kappa shape index (κ3) is 4.09. The third-order valence-electron chi connectivity index (χ3n) is 4.04. The Morgan fingerprint density at radius 1 is 1.16 bits per heavy atom. The van der Waals surface area contributed by atoms with Crippen LogP contribution >= 0.6 is 11.6 Å². The molecule has 0 aliphatic rings. The number of rotatable bonds is 5. The monoisotopic (exact) mass is 354 g/mol. The van der Waals surface area contributed by atoms with Crippen molar-refractivity contribution in [3.05, 3.63) is 71.2 Å². The number of hydrogen-bond acceptors (Lipinski definition) is 3. The van der Waals surface area contributed by atoms with Gasteiger partial charge in [-0.3, -0.25) is 4.79 Å². The van der Waals surface area contributed by atoms with E-state index < -0.39 is 0 Å². The lowest BCUT2D eigenvalue weighted by molar-refractivity contribution is -0.118. The van der Waals surface area contributed by atoms with Gasteiger partial charge < -0.3 is 9.32 Å². The molecule has 0 saturated carbocycles. The Hall–Kier alpha value is -2.59. The van der Waals surface area contributed by atoms with Crippen LogP contribution in [0.25, 0.3) is 11.3 Å². The molecule has 1 amide bonds. The first-order valence-corrected chi connectivity index (χ1v) is 8.45. The Kier molecular flexibility index (Phi) is 5.19. The SMILES string of the molecule is Cc1ccc(N(C)C(=O)CCc2ncc(-c3ccccc3Cl)o2)cc1. The molecule has 0 radical (unpaired) electrons. The fourth-order valence-electron chi connectivity index (χ4n) is 2.51. The van der Waals surface area contributed by atoms with Crippen LogP contribution in [0, 0.1) is 6.92 Å². The van der Waals surface area contributed by atoms with Gasteiger partial charge in [0.1, 0.15) is 0 Å². The first-order chi connectivity index (χ1) is 12.0. The van der Waals surface area contributed by atoms with Gasteiger partial charge in [0.15, 0.2) is 11.7 Å². The van der Waals surface area contributed by atoms with E-state index in [1.165, 1.54) is 0 Å². The normalized spacial score (nSPS) is 10.7. The first kappa shape index (κ1) is 17.2. The maximum atomic E-state index is 12.4. The van der Waals surface area contributed by atoms with Gasteiger partial charge in [-0.25, -0.2) is 4.98 Å². The van der Waals surface area contributed by atoms with Crippen molar-refractivity contribution in [2.24, 2.45) is 0 Å². The smallest absolute Gasteiger partial charge is 0.227 e. The molecule has 0 spiro atoms. The Morgan fingerprint density at radius 2 is 1.88 bits per heavy atom. The van der Waals surface area contributed by atoms with Crippen LogP contribution in [0.4, 0.5) is 5.69 Å². The summed E-state index contributed by atoms with van der Waals surface area (Å²) in [6, 6.07) is 15.3. The minimum absolute atomic E-state index is 0.0151. The minimum atomic E-state index is 0.0151. The number of carbonyl (C=O) groups is 1.